The molecule has 3 aliphatic heterocycles. The van der Waals surface area contributed by atoms with E-state index in [-0.39, 0.29) is 18.6 Å². The minimum atomic E-state index is -0.537. The molecule has 2 atom stereocenters. The second-order valence-corrected chi connectivity index (χ2v) is 7.21. The maximum absolute atomic E-state index is 12.4. The normalized spacial score (nSPS) is 26.2. The quantitative estimate of drug-likeness (QED) is 0.897. The summed E-state index contributed by atoms with van der Waals surface area (Å²) in [5.74, 6) is 1.70. The summed E-state index contributed by atoms with van der Waals surface area (Å²) in [6, 6.07) is 5.85. The van der Waals surface area contributed by atoms with Crippen LogP contribution in [-0.4, -0.2) is 66.4 Å². The van der Waals surface area contributed by atoms with Crippen LogP contribution < -0.4 is 9.47 Å². The van der Waals surface area contributed by atoms with Gasteiger partial charge in [-0.25, -0.2) is 0 Å². The first-order valence-electron chi connectivity index (χ1n) is 9.28. The van der Waals surface area contributed by atoms with Crippen LogP contribution in [0.4, 0.5) is 0 Å². The smallest absolute Gasteiger partial charge is 0.231 e. The number of aliphatic hydroxyl groups is 1. The fourth-order valence-electron chi connectivity index (χ4n) is 4.11. The first-order chi connectivity index (χ1) is 12.2. The molecule has 1 aromatic carbocycles. The van der Waals surface area contributed by atoms with Crippen LogP contribution >= 0.6 is 0 Å². The van der Waals surface area contributed by atoms with Crippen LogP contribution in [0.3, 0.4) is 0 Å². The van der Waals surface area contributed by atoms with Crippen molar-refractivity contribution < 1.29 is 19.4 Å². The molecule has 25 heavy (non-hydrogen) atoms. The van der Waals surface area contributed by atoms with Crippen LogP contribution in [0, 0.1) is 0 Å². The van der Waals surface area contributed by atoms with Crippen molar-refractivity contribution in [2.24, 2.45) is 0 Å². The molecule has 0 unspecified atom stereocenters. The Balaban J connectivity index is 1.33. The van der Waals surface area contributed by atoms with Crippen LogP contribution in [0.5, 0.6) is 11.5 Å². The average Bonchev–Trinajstić information content (AvgIpc) is 3.30. The number of piperidine rings is 1. The van der Waals surface area contributed by atoms with Gasteiger partial charge in [0.25, 0.3) is 0 Å². The number of amides is 1. The van der Waals surface area contributed by atoms with Crippen molar-refractivity contribution in [2.45, 2.75) is 37.7 Å². The van der Waals surface area contributed by atoms with Gasteiger partial charge in [0, 0.05) is 32.0 Å². The second kappa shape index (κ2) is 7.22. The Bertz CT molecular complexity index is 630. The first-order valence-corrected chi connectivity index (χ1v) is 9.28. The summed E-state index contributed by atoms with van der Waals surface area (Å²) in [4.78, 5) is 16.6. The zero-order valence-electron chi connectivity index (χ0n) is 14.5. The van der Waals surface area contributed by atoms with E-state index < -0.39 is 6.10 Å². The maximum atomic E-state index is 12.4. The van der Waals surface area contributed by atoms with Gasteiger partial charge in [-0.05, 0) is 50.0 Å². The highest BCUT2D eigenvalue weighted by Gasteiger charge is 2.32. The van der Waals surface area contributed by atoms with Crippen molar-refractivity contribution in [3.05, 3.63) is 23.8 Å². The summed E-state index contributed by atoms with van der Waals surface area (Å²) < 4.78 is 10.8. The molecule has 0 aliphatic carbocycles. The third-order valence-electron chi connectivity index (χ3n) is 5.60. The van der Waals surface area contributed by atoms with Gasteiger partial charge in [0.2, 0.25) is 12.7 Å². The van der Waals surface area contributed by atoms with E-state index >= 15 is 0 Å². The molecule has 6 nitrogen and oxygen atoms in total. The first kappa shape index (κ1) is 16.7. The molecule has 136 valence electrons. The Hall–Kier alpha value is -1.79. The standard InChI is InChI=1S/C19H26N2O4/c22-16-12-21(19(23)6-9-20-7-1-2-8-20)10-5-15(16)14-3-4-17-18(11-14)25-13-24-17/h3-4,11,15-16,22H,1-2,5-10,12-13H2/t15-,16+/m0/s1. The monoisotopic (exact) mass is 346 g/mol. The third kappa shape index (κ3) is 3.60. The molecule has 1 aromatic rings. The summed E-state index contributed by atoms with van der Waals surface area (Å²) in [6.07, 6.45) is 3.28. The Kier molecular flexibility index (Phi) is 4.81. The molecule has 4 rings (SSSR count). The van der Waals surface area contributed by atoms with Crippen LogP contribution in [0.2, 0.25) is 0 Å². The summed E-state index contributed by atoms with van der Waals surface area (Å²) in [5.41, 5.74) is 1.06. The zero-order chi connectivity index (χ0) is 17.2. The number of hydrogen-bond donors (Lipinski definition) is 1. The lowest BCUT2D eigenvalue weighted by Crippen LogP contribution is -2.46. The molecular weight excluding hydrogens is 320 g/mol. The molecule has 3 heterocycles. The molecular formula is C19H26N2O4. The lowest BCUT2D eigenvalue weighted by Gasteiger charge is -2.36. The maximum Gasteiger partial charge on any atom is 0.231 e. The van der Waals surface area contributed by atoms with Crippen molar-refractivity contribution in [1.29, 1.82) is 0 Å². The van der Waals surface area contributed by atoms with Gasteiger partial charge in [0.1, 0.15) is 0 Å². The van der Waals surface area contributed by atoms with Gasteiger partial charge >= 0.3 is 0 Å². The van der Waals surface area contributed by atoms with Crippen LogP contribution in [-0.2, 0) is 4.79 Å². The van der Waals surface area contributed by atoms with Crippen molar-refractivity contribution in [3.8, 4) is 11.5 Å². The highest BCUT2D eigenvalue weighted by molar-refractivity contribution is 5.76. The van der Waals surface area contributed by atoms with Crippen molar-refractivity contribution in [3.63, 3.8) is 0 Å². The van der Waals surface area contributed by atoms with Gasteiger partial charge in [-0.1, -0.05) is 6.07 Å². The Labute approximate surface area is 148 Å². The van der Waals surface area contributed by atoms with E-state index in [4.69, 9.17) is 9.47 Å². The number of carbonyl (C=O) groups excluding carboxylic acids is 1. The van der Waals surface area contributed by atoms with E-state index in [2.05, 4.69) is 4.90 Å². The Morgan fingerprint density at radius 1 is 1.16 bits per heavy atom. The summed E-state index contributed by atoms with van der Waals surface area (Å²) >= 11 is 0. The fourth-order valence-corrected chi connectivity index (χ4v) is 4.11. The van der Waals surface area contributed by atoms with E-state index in [0.717, 1.165) is 43.1 Å². The van der Waals surface area contributed by atoms with Crippen LogP contribution in [0.25, 0.3) is 0 Å². The molecule has 1 N–H and O–H groups in total. The summed E-state index contributed by atoms with van der Waals surface area (Å²) in [6.45, 7) is 4.44. The minimum absolute atomic E-state index is 0.0390. The van der Waals surface area contributed by atoms with E-state index in [1.54, 1.807) is 0 Å². The molecule has 2 fully saturated rings. The molecule has 2 saturated heterocycles. The van der Waals surface area contributed by atoms with Crippen LogP contribution in [0.15, 0.2) is 18.2 Å². The fraction of sp³-hybridized carbons (Fsp3) is 0.632. The number of rotatable bonds is 4. The summed E-state index contributed by atoms with van der Waals surface area (Å²) in [7, 11) is 0. The summed E-state index contributed by atoms with van der Waals surface area (Å²) in [5, 5.41) is 10.6. The van der Waals surface area contributed by atoms with E-state index in [1.165, 1.54) is 12.8 Å². The van der Waals surface area contributed by atoms with Gasteiger partial charge < -0.3 is 24.4 Å². The Morgan fingerprint density at radius 2 is 1.96 bits per heavy atom. The van der Waals surface area contributed by atoms with Gasteiger partial charge in [-0.3, -0.25) is 4.79 Å². The molecule has 6 heteroatoms. The number of fused-ring (bicyclic) bond motifs is 1. The molecule has 0 spiro atoms. The highest BCUT2D eigenvalue weighted by atomic mass is 16.7. The predicted octanol–water partition coefficient (Wildman–Crippen LogP) is 1.58. The number of benzene rings is 1. The number of likely N-dealkylation sites (tertiary alicyclic amines) is 2. The zero-order valence-corrected chi connectivity index (χ0v) is 14.5. The molecule has 0 bridgehead atoms. The van der Waals surface area contributed by atoms with Crippen molar-refractivity contribution in [2.75, 3.05) is 39.5 Å². The Morgan fingerprint density at radius 3 is 2.76 bits per heavy atom. The van der Waals surface area contributed by atoms with E-state index in [1.807, 2.05) is 23.1 Å². The lowest BCUT2D eigenvalue weighted by atomic mass is 9.87. The lowest BCUT2D eigenvalue weighted by molar-refractivity contribution is -0.135. The van der Waals surface area contributed by atoms with Crippen LogP contribution in [0.1, 0.15) is 37.2 Å². The number of β-amino-alcohol motifs (C(OH)–C–C–N with tert-alkyl or cyclic N) is 1. The van der Waals surface area contributed by atoms with E-state index in [0.29, 0.717) is 19.5 Å². The van der Waals surface area contributed by atoms with Gasteiger partial charge in [-0.15, -0.1) is 0 Å². The predicted molar refractivity (Wildman–Crippen MR) is 92.8 cm³/mol. The van der Waals surface area contributed by atoms with Crippen molar-refractivity contribution >= 4 is 5.91 Å². The highest BCUT2D eigenvalue weighted by Crippen LogP contribution is 2.37. The van der Waals surface area contributed by atoms with Gasteiger partial charge in [-0.2, -0.15) is 0 Å². The SMILES string of the molecule is O=C(CCN1CCCC1)N1CC[C@@H](c2ccc3c(c2)OCO3)[C@H](O)C1. The number of carbonyl (C=O) groups is 1. The molecule has 1 amide bonds. The van der Waals surface area contributed by atoms with Crippen molar-refractivity contribution in [1.82, 2.24) is 9.80 Å². The average molecular weight is 346 g/mol. The molecule has 0 aromatic heterocycles. The largest absolute Gasteiger partial charge is 0.454 e. The van der Waals surface area contributed by atoms with Gasteiger partial charge in [0.15, 0.2) is 11.5 Å². The number of ether oxygens (including phenoxy) is 2. The van der Waals surface area contributed by atoms with Gasteiger partial charge in [0.05, 0.1) is 6.10 Å². The van der Waals surface area contributed by atoms with E-state index in [9.17, 15) is 9.90 Å². The number of aliphatic hydroxyl groups excluding tert-OH is 1. The molecule has 0 radical (unpaired) electrons. The molecule has 3 aliphatic rings. The minimum Gasteiger partial charge on any atom is -0.454 e. The number of nitrogens with zero attached hydrogens (tertiary/aromatic N) is 2. The second-order valence-electron chi connectivity index (χ2n) is 7.21. The topological polar surface area (TPSA) is 62.2 Å². The third-order valence-corrected chi connectivity index (χ3v) is 5.60. The molecule has 0 saturated carbocycles. The number of hydrogen-bond acceptors (Lipinski definition) is 5.